The lowest BCUT2D eigenvalue weighted by molar-refractivity contribution is -0.151. The predicted molar refractivity (Wildman–Crippen MR) is 142 cm³/mol. The van der Waals surface area contributed by atoms with Gasteiger partial charge in [-0.05, 0) is 42.8 Å². The fraction of sp³-hybridized carbons (Fsp3) is 0.320. The maximum Gasteiger partial charge on any atom is 0.328 e. The average molecular weight is 609 g/mol. The summed E-state index contributed by atoms with van der Waals surface area (Å²) in [6.45, 7) is 1.83. The normalized spacial score (nSPS) is 17.1. The number of hydrogen-bond donors (Lipinski definition) is 0. The van der Waals surface area contributed by atoms with Crippen molar-refractivity contribution in [2.24, 2.45) is 0 Å². The van der Waals surface area contributed by atoms with Gasteiger partial charge >= 0.3 is 5.97 Å². The summed E-state index contributed by atoms with van der Waals surface area (Å²) in [4.78, 5) is 41.6. The lowest BCUT2D eigenvalue weighted by Crippen LogP contribution is -2.46. The van der Waals surface area contributed by atoms with Gasteiger partial charge in [-0.3, -0.25) is 9.59 Å². The Hall–Kier alpha value is -2.95. The highest BCUT2D eigenvalue weighted by Gasteiger charge is 2.42. The fourth-order valence-electron chi connectivity index (χ4n) is 4.33. The van der Waals surface area contributed by atoms with Crippen molar-refractivity contribution in [1.82, 2.24) is 24.8 Å². The molecule has 1 aromatic heterocycles. The molecule has 2 heterocycles. The number of ether oxygens (including phenoxy) is 1. The second-order valence-corrected chi connectivity index (χ2v) is 10.6. The molecule has 0 bridgehead atoms. The summed E-state index contributed by atoms with van der Waals surface area (Å²) < 4.78 is 7.34. The Morgan fingerprint density at radius 3 is 2.54 bits per heavy atom. The Kier molecular flexibility index (Phi) is 8.20. The third-order valence-electron chi connectivity index (χ3n) is 6.26. The van der Waals surface area contributed by atoms with Gasteiger partial charge in [-0.1, -0.05) is 50.4 Å². The van der Waals surface area contributed by atoms with E-state index in [4.69, 9.17) is 27.9 Å². The molecule has 0 aliphatic carbocycles. The lowest BCUT2D eigenvalue weighted by atomic mass is 10.1. The molecular weight excluding hydrogens is 585 g/mol. The minimum atomic E-state index is -0.813. The van der Waals surface area contributed by atoms with Crippen LogP contribution in [0.2, 0.25) is 10.0 Å². The SMILES string of the molecule is COC(=O)[C@H]1C[C@@H](n2cc(-c3cc(Cl)cc(Cl)c3)nn2)CN1C(=O)CN(C)C(=O)c1cc(Br)ccc1C. The van der Waals surface area contributed by atoms with Crippen LogP contribution in [0.3, 0.4) is 0 Å². The molecule has 0 saturated carbocycles. The highest BCUT2D eigenvalue weighted by molar-refractivity contribution is 9.10. The highest BCUT2D eigenvalue weighted by atomic mass is 79.9. The molecule has 12 heteroatoms. The van der Waals surface area contributed by atoms with Crippen LogP contribution in [-0.4, -0.2) is 75.9 Å². The number of aryl methyl sites for hydroxylation is 1. The topological polar surface area (TPSA) is 97.6 Å². The smallest absolute Gasteiger partial charge is 0.328 e. The largest absolute Gasteiger partial charge is 0.467 e. The molecule has 0 N–H and O–H groups in total. The number of halogens is 3. The molecule has 194 valence electrons. The molecule has 1 aliphatic heterocycles. The van der Waals surface area contributed by atoms with Gasteiger partial charge in [0, 0.05) is 45.7 Å². The fourth-order valence-corrected chi connectivity index (χ4v) is 5.21. The van der Waals surface area contributed by atoms with Crippen LogP contribution in [0.5, 0.6) is 0 Å². The standard InChI is InChI=1S/C25H24BrCl2N5O4/c1-14-4-5-16(26)8-20(14)24(35)31(2)13-23(34)32-11-19(10-22(32)25(36)37-3)33-12-21(29-30-33)15-6-17(27)9-18(28)7-15/h4-9,12,19,22H,10-11,13H2,1-3H3/t19-,22-/m1/s1. The summed E-state index contributed by atoms with van der Waals surface area (Å²) in [6, 6.07) is 9.33. The molecule has 1 aliphatic rings. The zero-order valence-corrected chi connectivity index (χ0v) is 23.4. The van der Waals surface area contributed by atoms with E-state index in [1.54, 1.807) is 42.2 Å². The van der Waals surface area contributed by atoms with Crippen LogP contribution in [0, 0.1) is 6.92 Å². The minimum Gasteiger partial charge on any atom is -0.467 e. The summed E-state index contributed by atoms with van der Waals surface area (Å²) >= 11 is 15.6. The van der Waals surface area contributed by atoms with Crippen molar-refractivity contribution in [3.63, 3.8) is 0 Å². The zero-order valence-electron chi connectivity index (χ0n) is 20.3. The van der Waals surface area contributed by atoms with Crippen molar-refractivity contribution in [2.45, 2.75) is 25.4 Å². The number of benzene rings is 2. The first kappa shape index (κ1) is 27.1. The molecule has 2 atom stereocenters. The molecule has 0 unspecified atom stereocenters. The van der Waals surface area contributed by atoms with E-state index < -0.39 is 12.0 Å². The number of methoxy groups -OCH3 is 1. The Balaban J connectivity index is 1.51. The summed E-state index contributed by atoms with van der Waals surface area (Å²) in [5, 5.41) is 9.37. The number of likely N-dealkylation sites (N-methyl/N-ethyl adjacent to an activating group) is 1. The number of nitrogens with zero attached hydrogens (tertiary/aromatic N) is 5. The van der Waals surface area contributed by atoms with E-state index in [2.05, 4.69) is 26.2 Å². The van der Waals surface area contributed by atoms with E-state index in [-0.39, 0.29) is 30.9 Å². The Labute approximate surface area is 232 Å². The van der Waals surface area contributed by atoms with E-state index in [1.165, 1.54) is 16.9 Å². The number of hydrogen-bond acceptors (Lipinski definition) is 6. The first-order chi connectivity index (χ1) is 17.6. The Morgan fingerprint density at radius 2 is 1.86 bits per heavy atom. The number of carbonyl (C=O) groups excluding carboxylic acids is 3. The number of likely N-dealkylation sites (tertiary alicyclic amines) is 1. The zero-order chi connectivity index (χ0) is 26.9. The number of rotatable bonds is 6. The second kappa shape index (κ2) is 11.2. The van der Waals surface area contributed by atoms with Crippen LogP contribution in [0.25, 0.3) is 11.3 Å². The summed E-state index contributed by atoms with van der Waals surface area (Å²) in [7, 11) is 2.83. The van der Waals surface area contributed by atoms with Crippen molar-refractivity contribution in [1.29, 1.82) is 0 Å². The molecule has 2 amide bonds. The van der Waals surface area contributed by atoms with Gasteiger partial charge < -0.3 is 14.5 Å². The maximum absolute atomic E-state index is 13.3. The molecule has 0 radical (unpaired) electrons. The van der Waals surface area contributed by atoms with Crippen LogP contribution in [-0.2, 0) is 14.3 Å². The van der Waals surface area contributed by atoms with Crippen molar-refractivity contribution in [3.05, 3.63) is 68.2 Å². The Bertz CT molecular complexity index is 1340. The van der Waals surface area contributed by atoms with E-state index in [9.17, 15) is 14.4 Å². The molecule has 9 nitrogen and oxygen atoms in total. The highest BCUT2D eigenvalue weighted by Crippen LogP contribution is 2.31. The van der Waals surface area contributed by atoms with Gasteiger partial charge in [0.1, 0.15) is 11.7 Å². The Morgan fingerprint density at radius 1 is 1.16 bits per heavy atom. The number of carbonyl (C=O) groups is 3. The molecule has 3 aromatic rings. The molecule has 1 fully saturated rings. The van der Waals surface area contributed by atoms with Gasteiger partial charge in [0.15, 0.2) is 0 Å². The van der Waals surface area contributed by atoms with Crippen LogP contribution >= 0.6 is 39.1 Å². The van der Waals surface area contributed by atoms with Crippen LogP contribution < -0.4 is 0 Å². The van der Waals surface area contributed by atoms with Crippen LogP contribution in [0.4, 0.5) is 0 Å². The van der Waals surface area contributed by atoms with Gasteiger partial charge in [0.2, 0.25) is 5.91 Å². The molecule has 37 heavy (non-hydrogen) atoms. The van der Waals surface area contributed by atoms with E-state index in [1.807, 2.05) is 19.1 Å². The lowest BCUT2D eigenvalue weighted by Gasteiger charge is -2.26. The number of amides is 2. The first-order valence-electron chi connectivity index (χ1n) is 11.3. The average Bonchev–Trinajstić information content (AvgIpc) is 3.52. The van der Waals surface area contributed by atoms with E-state index in [0.717, 1.165) is 10.0 Å². The third-order valence-corrected chi connectivity index (χ3v) is 7.19. The van der Waals surface area contributed by atoms with Crippen molar-refractivity contribution in [3.8, 4) is 11.3 Å². The van der Waals surface area contributed by atoms with Gasteiger partial charge in [-0.25, -0.2) is 9.48 Å². The van der Waals surface area contributed by atoms with Crippen molar-refractivity contribution >= 4 is 56.9 Å². The first-order valence-corrected chi connectivity index (χ1v) is 12.9. The monoisotopic (exact) mass is 607 g/mol. The molecule has 1 saturated heterocycles. The van der Waals surface area contributed by atoms with Gasteiger partial charge in [-0.2, -0.15) is 0 Å². The summed E-state index contributed by atoms with van der Waals surface area (Å²) in [6.07, 6.45) is 2.01. The maximum atomic E-state index is 13.3. The number of aromatic nitrogens is 3. The molecular formula is C25H24BrCl2N5O4. The van der Waals surface area contributed by atoms with Gasteiger partial charge in [0.05, 0.1) is 25.9 Å². The molecule has 0 spiro atoms. The van der Waals surface area contributed by atoms with E-state index in [0.29, 0.717) is 33.3 Å². The molecule has 4 rings (SSSR count). The second-order valence-electron chi connectivity index (χ2n) is 8.84. The van der Waals surface area contributed by atoms with Gasteiger partial charge in [0.25, 0.3) is 5.91 Å². The van der Waals surface area contributed by atoms with Crippen LogP contribution in [0.1, 0.15) is 28.4 Å². The molecule has 2 aromatic carbocycles. The minimum absolute atomic E-state index is 0.200. The quantitative estimate of drug-likeness (QED) is 0.385. The summed E-state index contributed by atoms with van der Waals surface area (Å²) in [5.74, 6) is -1.20. The number of esters is 1. The van der Waals surface area contributed by atoms with Gasteiger partial charge in [-0.15, -0.1) is 5.10 Å². The van der Waals surface area contributed by atoms with Crippen LogP contribution in [0.15, 0.2) is 47.1 Å². The predicted octanol–water partition coefficient (Wildman–Crippen LogP) is 4.41. The summed E-state index contributed by atoms with van der Waals surface area (Å²) in [5.41, 5.74) is 2.54. The van der Waals surface area contributed by atoms with E-state index >= 15 is 0 Å². The third kappa shape index (κ3) is 5.97. The van der Waals surface area contributed by atoms with Crippen molar-refractivity contribution in [2.75, 3.05) is 27.2 Å². The van der Waals surface area contributed by atoms with Crippen molar-refractivity contribution < 1.29 is 19.1 Å².